The second-order valence-electron chi connectivity index (χ2n) is 5.88. The van der Waals surface area contributed by atoms with Gasteiger partial charge in [-0.15, -0.1) is 0 Å². The Morgan fingerprint density at radius 2 is 1.96 bits per heavy atom. The Balaban J connectivity index is 2.44. The molecule has 0 heterocycles. The summed E-state index contributed by atoms with van der Waals surface area (Å²) in [6.07, 6.45) is 2.68. The summed E-state index contributed by atoms with van der Waals surface area (Å²) in [6, 6.07) is 9.72. The van der Waals surface area contributed by atoms with Crippen LogP contribution in [0.3, 0.4) is 0 Å². The summed E-state index contributed by atoms with van der Waals surface area (Å²) >= 11 is 0. The number of rotatable bonds is 9. The van der Waals surface area contributed by atoms with Gasteiger partial charge < -0.3 is 15.4 Å². The minimum atomic E-state index is -2.95. The molecule has 0 spiro atoms. The van der Waals surface area contributed by atoms with Crippen LogP contribution in [0.4, 0.5) is 0 Å². The largest absolute Gasteiger partial charge is 0.489 e. The smallest absolute Gasteiger partial charge is 0.191 e. The van der Waals surface area contributed by atoms with Crippen LogP contribution >= 0.6 is 0 Å². The topological polar surface area (TPSA) is 79.8 Å². The van der Waals surface area contributed by atoms with Crippen LogP contribution in [-0.4, -0.2) is 52.1 Å². The summed E-state index contributed by atoms with van der Waals surface area (Å²) in [4.78, 5) is 4.18. The van der Waals surface area contributed by atoms with E-state index in [9.17, 15) is 8.42 Å². The lowest BCUT2D eigenvalue weighted by Crippen LogP contribution is -2.46. The van der Waals surface area contributed by atoms with Crippen LogP contribution in [0.15, 0.2) is 35.3 Å². The van der Waals surface area contributed by atoms with Crippen molar-refractivity contribution in [3.63, 3.8) is 0 Å². The van der Waals surface area contributed by atoms with Gasteiger partial charge in [-0.25, -0.2) is 8.42 Å². The van der Waals surface area contributed by atoms with Gasteiger partial charge in [-0.1, -0.05) is 25.1 Å². The van der Waals surface area contributed by atoms with E-state index < -0.39 is 9.84 Å². The van der Waals surface area contributed by atoms with Gasteiger partial charge in [-0.05, 0) is 31.9 Å². The molecule has 2 unspecified atom stereocenters. The predicted octanol–water partition coefficient (Wildman–Crippen LogP) is 1.83. The van der Waals surface area contributed by atoms with Crippen molar-refractivity contribution in [2.45, 2.75) is 38.8 Å². The van der Waals surface area contributed by atoms with E-state index in [0.717, 1.165) is 12.2 Å². The monoisotopic (exact) mass is 355 g/mol. The van der Waals surface area contributed by atoms with Crippen molar-refractivity contribution in [1.82, 2.24) is 10.6 Å². The second-order valence-corrected chi connectivity index (χ2v) is 8.14. The van der Waals surface area contributed by atoms with Crippen LogP contribution in [0.1, 0.15) is 26.7 Å². The minimum Gasteiger partial charge on any atom is -0.489 e. The van der Waals surface area contributed by atoms with Crippen molar-refractivity contribution in [1.29, 1.82) is 0 Å². The van der Waals surface area contributed by atoms with Gasteiger partial charge in [0.25, 0.3) is 0 Å². The number of benzene rings is 1. The van der Waals surface area contributed by atoms with Crippen molar-refractivity contribution in [3.8, 4) is 5.75 Å². The Morgan fingerprint density at radius 1 is 1.29 bits per heavy atom. The van der Waals surface area contributed by atoms with Crippen molar-refractivity contribution in [2.75, 3.05) is 25.6 Å². The first-order chi connectivity index (χ1) is 11.3. The van der Waals surface area contributed by atoms with Gasteiger partial charge in [0, 0.05) is 19.3 Å². The molecule has 0 aliphatic rings. The van der Waals surface area contributed by atoms with E-state index in [2.05, 4.69) is 22.5 Å². The summed E-state index contributed by atoms with van der Waals surface area (Å²) < 4.78 is 28.4. The van der Waals surface area contributed by atoms with Gasteiger partial charge in [0.15, 0.2) is 5.96 Å². The molecular formula is C17H29N3O3S. The molecule has 0 saturated heterocycles. The first-order valence-corrected chi connectivity index (χ1v) is 10.3. The minimum absolute atomic E-state index is 0.0149. The van der Waals surface area contributed by atoms with Gasteiger partial charge in [-0.2, -0.15) is 0 Å². The van der Waals surface area contributed by atoms with Crippen molar-refractivity contribution in [2.24, 2.45) is 4.99 Å². The molecule has 0 aliphatic carbocycles. The number of hydrogen-bond acceptors (Lipinski definition) is 4. The predicted molar refractivity (Wildman–Crippen MR) is 99.4 cm³/mol. The van der Waals surface area contributed by atoms with Crippen molar-refractivity contribution in [3.05, 3.63) is 30.3 Å². The molecule has 0 saturated carbocycles. The van der Waals surface area contributed by atoms with E-state index in [-0.39, 0.29) is 17.9 Å². The van der Waals surface area contributed by atoms with Crippen molar-refractivity contribution < 1.29 is 13.2 Å². The number of nitrogens with one attached hydrogen (secondary N) is 2. The molecule has 7 heteroatoms. The Morgan fingerprint density at radius 3 is 2.50 bits per heavy atom. The van der Waals surface area contributed by atoms with Crippen molar-refractivity contribution >= 4 is 15.8 Å². The van der Waals surface area contributed by atoms with Crippen LogP contribution in [0.2, 0.25) is 0 Å². The van der Waals surface area contributed by atoms with Gasteiger partial charge in [0.1, 0.15) is 21.7 Å². The third-order valence-electron chi connectivity index (χ3n) is 3.53. The average molecular weight is 356 g/mol. The lowest BCUT2D eigenvalue weighted by molar-refractivity contribution is 0.199. The molecular weight excluding hydrogens is 326 g/mol. The van der Waals surface area contributed by atoms with E-state index in [1.54, 1.807) is 7.05 Å². The fraction of sp³-hybridized carbons (Fsp3) is 0.588. The fourth-order valence-electron chi connectivity index (χ4n) is 2.06. The van der Waals surface area contributed by atoms with E-state index in [1.807, 2.05) is 37.3 Å². The Kier molecular flexibility index (Phi) is 8.60. The summed E-state index contributed by atoms with van der Waals surface area (Å²) in [5.41, 5.74) is 0. The molecule has 0 amide bonds. The molecule has 1 aromatic carbocycles. The Bertz CT molecular complexity index is 603. The highest BCUT2D eigenvalue weighted by Gasteiger charge is 2.12. The number of para-hydroxylation sites is 1. The molecule has 6 nitrogen and oxygen atoms in total. The van der Waals surface area contributed by atoms with E-state index in [0.29, 0.717) is 18.9 Å². The summed E-state index contributed by atoms with van der Waals surface area (Å²) in [5, 5.41) is 6.43. The Labute approximate surface area is 145 Å². The first kappa shape index (κ1) is 20.3. The van der Waals surface area contributed by atoms with Gasteiger partial charge in [-0.3, -0.25) is 4.99 Å². The standard InChI is InChI=1S/C17H29N3O3S/c1-5-15(23-16-9-7-6-8-10-16)13-19-17(18-3)20-14(2)11-12-24(4,21)22/h6-10,14-15H,5,11-13H2,1-4H3,(H2,18,19,20). The van der Waals surface area contributed by atoms with E-state index >= 15 is 0 Å². The summed E-state index contributed by atoms with van der Waals surface area (Å²) in [6.45, 7) is 4.62. The van der Waals surface area contributed by atoms with Gasteiger partial charge in [0.05, 0.1) is 12.3 Å². The summed E-state index contributed by atoms with van der Waals surface area (Å²) in [7, 11) is -1.25. The maximum Gasteiger partial charge on any atom is 0.191 e. The molecule has 1 aromatic rings. The third-order valence-corrected chi connectivity index (χ3v) is 4.50. The van der Waals surface area contributed by atoms with E-state index in [4.69, 9.17) is 4.74 Å². The van der Waals surface area contributed by atoms with Crippen LogP contribution in [0.5, 0.6) is 5.75 Å². The number of hydrogen-bond donors (Lipinski definition) is 2. The quantitative estimate of drug-likeness (QED) is 0.522. The molecule has 0 radical (unpaired) electrons. The normalized spacial score (nSPS) is 14.8. The maximum absolute atomic E-state index is 11.2. The lowest BCUT2D eigenvalue weighted by atomic mass is 10.2. The molecule has 0 fully saturated rings. The molecule has 24 heavy (non-hydrogen) atoms. The highest BCUT2D eigenvalue weighted by molar-refractivity contribution is 7.90. The molecule has 2 atom stereocenters. The number of guanidine groups is 1. The zero-order valence-corrected chi connectivity index (χ0v) is 15.8. The maximum atomic E-state index is 11.2. The number of sulfone groups is 1. The molecule has 2 N–H and O–H groups in total. The lowest BCUT2D eigenvalue weighted by Gasteiger charge is -2.22. The average Bonchev–Trinajstić information content (AvgIpc) is 2.55. The van der Waals surface area contributed by atoms with E-state index in [1.165, 1.54) is 6.26 Å². The summed E-state index contributed by atoms with van der Waals surface area (Å²) in [5.74, 6) is 1.65. The first-order valence-electron chi connectivity index (χ1n) is 8.20. The third kappa shape index (κ3) is 8.76. The molecule has 0 aliphatic heterocycles. The number of aliphatic imine (C=N–C) groups is 1. The number of ether oxygens (including phenoxy) is 1. The SMILES string of the molecule is CCC(CNC(=NC)NC(C)CCS(C)(=O)=O)Oc1ccccc1. The van der Waals surface area contributed by atoms with Crippen LogP contribution in [-0.2, 0) is 9.84 Å². The molecule has 0 bridgehead atoms. The highest BCUT2D eigenvalue weighted by atomic mass is 32.2. The fourth-order valence-corrected chi connectivity index (χ4v) is 2.84. The van der Waals surface area contributed by atoms with Crippen LogP contribution < -0.4 is 15.4 Å². The van der Waals surface area contributed by atoms with Crippen LogP contribution in [0.25, 0.3) is 0 Å². The Hall–Kier alpha value is -1.76. The number of nitrogens with zero attached hydrogens (tertiary/aromatic N) is 1. The molecule has 1 rings (SSSR count). The molecule has 136 valence electrons. The highest BCUT2D eigenvalue weighted by Crippen LogP contribution is 2.12. The zero-order valence-electron chi connectivity index (χ0n) is 15.0. The second kappa shape index (κ2) is 10.2. The zero-order chi connectivity index (χ0) is 18.0. The molecule has 0 aromatic heterocycles. The van der Waals surface area contributed by atoms with Crippen LogP contribution in [0, 0.1) is 0 Å². The van der Waals surface area contributed by atoms with Gasteiger partial charge in [0.2, 0.25) is 0 Å². The van der Waals surface area contributed by atoms with Gasteiger partial charge >= 0.3 is 0 Å².